The molecule has 134 valence electrons. The highest BCUT2D eigenvalue weighted by Crippen LogP contribution is 2.17. The molecule has 2 aromatic rings. The molecule has 0 aliphatic rings. The topological polar surface area (TPSA) is 68.0 Å². The summed E-state index contributed by atoms with van der Waals surface area (Å²) in [7, 11) is 0. The van der Waals surface area contributed by atoms with Gasteiger partial charge < -0.3 is 11.1 Å². The molecule has 0 saturated carbocycles. The number of hydrogen-bond acceptors (Lipinski definition) is 4. The van der Waals surface area contributed by atoms with Gasteiger partial charge in [0.05, 0.1) is 5.69 Å². The van der Waals surface area contributed by atoms with Gasteiger partial charge >= 0.3 is 0 Å². The van der Waals surface area contributed by atoms with Crippen LogP contribution in [0.15, 0.2) is 48.7 Å². The highest BCUT2D eigenvalue weighted by Gasteiger charge is 2.09. The van der Waals surface area contributed by atoms with Crippen molar-refractivity contribution >= 4 is 17.7 Å². The standard InChI is InChI=1S/C20H27N3OS/c1-15(2)16-6-8-17(9-7-16)19(21)13-23-20(24)10-12-25-14-18-5-3-4-11-22-18/h3-9,11,15,19H,10,12-14,21H2,1-2H3,(H,23,24). The van der Waals surface area contributed by atoms with Crippen molar-refractivity contribution in [3.63, 3.8) is 0 Å². The molecule has 0 spiro atoms. The number of carbonyl (C=O) groups excluding carboxylic acids is 1. The number of hydrogen-bond donors (Lipinski definition) is 2. The first-order valence-corrected chi connectivity index (χ1v) is 9.81. The third-order valence-electron chi connectivity index (χ3n) is 4.00. The van der Waals surface area contributed by atoms with Crippen LogP contribution >= 0.6 is 11.8 Å². The Morgan fingerprint density at radius 1 is 1.16 bits per heavy atom. The van der Waals surface area contributed by atoms with Crippen LogP contribution in [0.4, 0.5) is 0 Å². The monoisotopic (exact) mass is 357 g/mol. The Morgan fingerprint density at radius 2 is 1.88 bits per heavy atom. The number of amides is 1. The Hall–Kier alpha value is -1.85. The molecule has 1 atom stereocenters. The molecule has 2 rings (SSSR count). The third-order valence-corrected chi connectivity index (χ3v) is 4.99. The second-order valence-corrected chi connectivity index (χ2v) is 7.46. The van der Waals surface area contributed by atoms with E-state index < -0.39 is 0 Å². The minimum absolute atomic E-state index is 0.0442. The highest BCUT2D eigenvalue weighted by atomic mass is 32.2. The molecule has 1 amide bonds. The predicted molar refractivity (Wildman–Crippen MR) is 105 cm³/mol. The Labute approximate surface area is 154 Å². The first-order valence-electron chi connectivity index (χ1n) is 8.66. The van der Waals surface area contributed by atoms with Gasteiger partial charge in [-0.15, -0.1) is 0 Å². The van der Waals surface area contributed by atoms with E-state index in [4.69, 9.17) is 5.73 Å². The molecule has 0 bridgehead atoms. The van der Waals surface area contributed by atoms with Crippen LogP contribution in [-0.4, -0.2) is 23.2 Å². The van der Waals surface area contributed by atoms with E-state index in [0.717, 1.165) is 22.8 Å². The van der Waals surface area contributed by atoms with Crippen molar-refractivity contribution < 1.29 is 4.79 Å². The molecule has 1 aromatic heterocycles. The number of nitrogens with zero attached hydrogens (tertiary/aromatic N) is 1. The molecule has 5 heteroatoms. The average Bonchev–Trinajstić information content (AvgIpc) is 2.64. The smallest absolute Gasteiger partial charge is 0.220 e. The van der Waals surface area contributed by atoms with Crippen LogP contribution in [0.3, 0.4) is 0 Å². The summed E-state index contributed by atoms with van der Waals surface area (Å²) in [6.07, 6.45) is 2.29. The second kappa shape index (κ2) is 10.2. The number of carbonyl (C=O) groups is 1. The molecule has 0 aliphatic heterocycles. The maximum atomic E-state index is 11.9. The SMILES string of the molecule is CC(C)c1ccc(C(N)CNC(=O)CCSCc2ccccn2)cc1. The summed E-state index contributed by atoms with van der Waals surface area (Å²) in [5.74, 6) is 2.16. The minimum Gasteiger partial charge on any atom is -0.354 e. The van der Waals surface area contributed by atoms with E-state index in [2.05, 4.69) is 48.4 Å². The van der Waals surface area contributed by atoms with Gasteiger partial charge in [0.25, 0.3) is 0 Å². The van der Waals surface area contributed by atoms with E-state index in [0.29, 0.717) is 18.9 Å². The van der Waals surface area contributed by atoms with Crippen molar-refractivity contribution in [2.24, 2.45) is 5.73 Å². The van der Waals surface area contributed by atoms with Crippen molar-refractivity contribution in [2.75, 3.05) is 12.3 Å². The summed E-state index contributed by atoms with van der Waals surface area (Å²) >= 11 is 1.71. The summed E-state index contributed by atoms with van der Waals surface area (Å²) in [6, 6.07) is 14.0. The molecule has 4 nitrogen and oxygen atoms in total. The summed E-state index contributed by atoms with van der Waals surface area (Å²) in [4.78, 5) is 16.2. The van der Waals surface area contributed by atoms with Crippen molar-refractivity contribution in [1.29, 1.82) is 0 Å². The zero-order valence-electron chi connectivity index (χ0n) is 14.9. The first kappa shape index (κ1) is 19.5. The van der Waals surface area contributed by atoms with E-state index in [-0.39, 0.29) is 11.9 Å². The predicted octanol–water partition coefficient (Wildman–Crippen LogP) is 3.64. The van der Waals surface area contributed by atoms with Crippen LogP contribution in [0.25, 0.3) is 0 Å². The summed E-state index contributed by atoms with van der Waals surface area (Å²) in [5, 5.41) is 2.92. The van der Waals surface area contributed by atoms with E-state index >= 15 is 0 Å². The summed E-state index contributed by atoms with van der Waals surface area (Å²) < 4.78 is 0. The van der Waals surface area contributed by atoms with E-state index in [9.17, 15) is 4.79 Å². The number of benzene rings is 1. The fourth-order valence-electron chi connectivity index (χ4n) is 2.38. The first-order chi connectivity index (χ1) is 12.1. The fourth-order valence-corrected chi connectivity index (χ4v) is 3.24. The van der Waals surface area contributed by atoms with Gasteiger partial charge in [-0.25, -0.2) is 0 Å². The van der Waals surface area contributed by atoms with Crippen LogP contribution in [0.5, 0.6) is 0 Å². The number of aromatic nitrogens is 1. The van der Waals surface area contributed by atoms with Crippen molar-refractivity contribution in [2.45, 2.75) is 38.0 Å². The Kier molecular flexibility index (Phi) is 7.95. The Bertz CT molecular complexity index is 644. The lowest BCUT2D eigenvalue weighted by atomic mass is 9.99. The van der Waals surface area contributed by atoms with E-state index in [1.165, 1.54) is 5.56 Å². The molecular weight excluding hydrogens is 330 g/mol. The molecule has 0 radical (unpaired) electrons. The van der Waals surface area contributed by atoms with Gasteiger partial charge in [0, 0.05) is 36.7 Å². The normalized spacial score (nSPS) is 12.2. The van der Waals surface area contributed by atoms with Gasteiger partial charge in [-0.3, -0.25) is 9.78 Å². The molecule has 0 saturated heterocycles. The van der Waals surface area contributed by atoms with Crippen LogP contribution in [0.2, 0.25) is 0 Å². The maximum absolute atomic E-state index is 11.9. The van der Waals surface area contributed by atoms with Gasteiger partial charge in [-0.05, 0) is 29.2 Å². The molecule has 0 aliphatic carbocycles. The van der Waals surface area contributed by atoms with Crippen LogP contribution in [0.1, 0.15) is 49.0 Å². The third kappa shape index (κ3) is 6.88. The molecule has 0 fully saturated rings. The number of rotatable bonds is 9. The van der Waals surface area contributed by atoms with Gasteiger partial charge in [0.2, 0.25) is 5.91 Å². The Morgan fingerprint density at radius 3 is 2.52 bits per heavy atom. The van der Waals surface area contributed by atoms with Gasteiger partial charge in [-0.1, -0.05) is 44.2 Å². The van der Waals surface area contributed by atoms with Crippen LogP contribution in [-0.2, 0) is 10.5 Å². The number of pyridine rings is 1. The van der Waals surface area contributed by atoms with Gasteiger partial charge in [0.15, 0.2) is 0 Å². The zero-order chi connectivity index (χ0) is 18.1. The van der Waals surface area contributed by atoms with E-state index in [1.807, 2.05) is 18.2 Å². The summed E-state index contributed by atoms with van der Waals surface area (Å²) in [5.41, 5.74) is 9.56. The fraction of sp³-hybridized carbons (Fsp3) is 0.400. The highest BCUT2D eigenvalue weighted by molar-refractivity contribution is 7.98. The number of nitrogens with one attached hydrogen (secondary N) is 1. The quantitative estimate of drug-likeness (QED) is 0.672. The maximum Gasteiger partial charge on any atom is 0.220 e. The lowest BCUT2D eigenvalue weighted by Crippen LogP contribution is -2.32. The lowest BCUT2D eigenvalue weighted by Gasteiger charge is -2.14. The van der Waals surface area contributed by atoms with Crippen molar-refractivity contribution in [3.05, 3.63) is 65.5 Å². The Balaban J connectivity index is 1.65. The molecule has 1 unspecified atom stereocenters. The molecule has 1 aromatic carbocycles. The van der Waals surface area contributed by atoms with Crippen molar-refractivity contribution in [3.8, 4) is 0 Å². The summed E-state index contributed by atoms with van der Waals surface area (Å²) in [6.45, 7) is 4.80. The largest absolute Gasteiger partial charge is 0.354 e. The lowest BCUT2D eigenvalue weighted by molar-refractivity contribution is -0.120. The average molecular weight is 358 g/mol. The van der Waals surface area contributed by atoms with Crippen LogP contribution < -0.4 is 11.1 Å². The zero-order valence-corrected chi connectivity index (χ0v) is 15.8. The van der Waals surface area contributed by atoms with Gasteiger partial charge in [0.1, 0.15) is 0 Å². The second-order valence-electron chi connectivity index (χ2n) is 6.36. The van der Waals surface area contributed by atoms with E-state index in [1.54, 1.807) is 18.0 Å². The number of thioether (sulfide) groups is 1. The molecule has 1 heterocycles. The molecular formula is C20H27N3OS. The molecule has 3 N–H and O–H groups in total. The minimum atomic E-state index is -0.175. The van der Waals surface area contributed by atoms with Gasteiger partial charge in [-0.2, -0.15) is 11.8 Å². The van der Waals surface area contributed by atoms with Crippen LogP contribution in [0, 0.1) is 0 Å². The number of nitrogens with two attached hydrogens (primary N) is 1. The van der Waals surface area contributed by atoms with Crippen molar-refractivity contribution in [1.82, 2.24) is 10.3 Å². The molecule has 25 heavy (non-hydrogen) atoms.